The van der Waals surface area contributed by atoms with Crippen LogP contribution in [0.5, 0.6) is 0 Å². The molecule has 4 rings (SSSR count). The van der Waals surface area contributed by atoms with E-state index >= 15 is 0 Å². The van der Waals surface area contributed by atoms with Gasteiger partial charge in [0.25, 0.3) is 5.91 Å². The number of hydrogen-bond acceptors (Lipinski definition) is 5. The highest BCUT2D eigenvalue weighted by Gasteiger charge is 2.37. The smallest absolute Gasteiger partial charge is 0.396 e. The van der Waals surface area contributed by atoms with Crippen molar-refractivity contribution in [3.63, 3.8) is 0 Å². The van der Waals surface area contributed by atoms with E-state index in [1.807, 2.05) is 0 Å². The van der Waals surface area contributed by atoms with Crippen molar-refractivity contribution in [3.05, 3.63) is 101 Å². The summed E-state index contributed by atoms with van der Waals surface area (Å²) in [7, 11) is 0. The zero-order chi connectivity index (χ0) is 29.2. The highest BCUT2D eigenvalue weighted by Crippen LogP contribution is 2.32. The molecule has 0 saturated heterocycles. The van der Waals surface area contributed by atoms with Crippen molar-refractivity contribution in [1.29, 1.82) is 0 Å². The van der Waals surface area contributed by atoms with Gasteiger partial charge in [-0.1, -0.05) is 12.1 Å². The number of alkyl halides is 3. The number of nitrogens with one attached hydrogen (secondary N) is 1. The minimum atomic E-state index is -4.84. The van der Waals surface area contributed by atoms with Crippen molar-refractivity contribution >= 4 is 17.5 Å². The molecular weight excluding hydrogens is 542 g/mol. The molecule has 5 N–H and O–H groups in total. The summed E-state index contributed by atoms with van der Waals surface area (Å²) < 4.78 is 81.9. The van der Waals surface area contributed by atoms with Crippen molar-refractivity contribution in [2.75, 3.05) is 5.73 Å². The van der Waals surface area contributed by atoms with E-state index in [9.17, 15) is 35.9 Å². The van der Waals surface area contributed by atoms with Gasteiger partial charge in [0.2, 0.25) is 5.91 Å². The molecule has 8 nitrogen and oxygen atoms in total. The molecule has 2 amide bonds. The zero-order valence-corrected chi connectivity index (χ0v) is 20.3. The number of amides is 2. The van der Waals surface area contributed by atoms with E-state index in [2.05, 4.69) is 15.4 Å². The van der Waals surface area contributed by atoms with E-state index in [4.69, 9.17) is 11.5 Å². The molecule has 2 aromatic carbocycles. The first-order chi connectivity index (χ1) is 18.8. The molecule has 14 heteroatoms. The molecule has 2 aromatic heterocycles. The Kier molecular flexibility index (Phi) is 7.79. The third-order valence-electron chi connectivity index (χ3n) is 5.77. The summed E-state index contributed by atoms with van der Waals surface area (Å²) in [5, 5.41) is 5.92. The lowest BCUT2D eigenvalue weighted by molar-refractivity contribution is -0.141. The number of benzene rings is 2. The van der Waals surface area contributed by atoms with Gasteiger partial charge < -0.3 is 16.8 Å². The molecule has 0 unspecified atom stereocenters. The van der Waals surface area contributed by atoms with E-state index < -0.39 is 65.0 Å². The van der Waals surface area contributed by atoms with Crippen LogP contribution in [0.2, 0.25) is 0 Å². The Bertz CT molecular complexity index is 1570. The lowest BCUT2D eigenvalue weighted by atomic mass is 9.94. The molecule has 4 aromatic rings. The number of carbonyl (C=O) groups excluding carboxylic acids is 2. The van der Waals surface area contributed by atoms with E-state index in [1.165, 1.54) is 24.4 Å². The quantitative estimate of drug-likeness (QED) is 0.278. The van der Waals surface area contributed by atoms with Crippen molar-refractivity contribution < 1.29 is 35.9 Å². The number of nitrogens with two attached hydrogens (primary N) is 2. The maximum atomic E-state index is 14.1. The Morgan fingerprint density at radius 1 is 1.02 bits per heavy atom. The van der Waals surface area contributed by atoms with E-state index in [0.717, 1.165) is 24.4 Å². The number of carbonyl (C=O) groups is 2. The average Bonchev–Trinajstić information content (AvgIpc) is 3.23. The first kappa shape index (κ1) is 28.1. The van der Waals surface area contributed by atoms with Crippen molar-refractivity contribution in [2.24, 2.45) is 5.73 Å². The normalized spacial score (nSPS) is 12.2. The van der Waals surface area contributed by atoms with Crippen molar-refractivity contribution in [2.45, 2.75) is 25.2 Å². The Hall–Kier alpha value is -4.88. The molecule has 208 valence electrons. The summed E-state index contributed by atoms with van der Waals surface area (Å²) in [4.78, 5) is 28.9. The summed E-state index contributed by atoms with van der Waals surface area (Å²) in [5.41, 5.74) is 9.07. The Morgan fingerprint density at radius 2 is 1.73 bits per heavy atom. The topological polar surface area (TPSA) is 129 Å². The largest absolute Gasteiger partial charge is 0.437 e. The number of pyridine rings is 1. The lowest BCUT2D eigenvalue weighted by Gasteiger charge is -2.22. The van der Waals surface area contributed by atoms with Crippen LogP contribution < -0.4 is 16.8 Å². The van der Waals surface area contributed by atoms with E-state index in [-0.39, 0.29) is 23.2 Å². The van der Waals surface area contributed by atoms with Gasteiger partial charge in [-0.15, -0.1) is 0 Å². The second-order valence-electron chi connectivity index (χ2n) is 8.73. The first-order valence-electron chi connectivity index (χ1n) is 11.5. The lowest BCUT2D eigenvalue weighted by Crippen LogP contribution is -2.34. The minimum Gasteiger partial charge on any atom is -0.396 e. The van der Waals surface area contributed by atoms with Gasteiger partial charge in [-0.05, 0) is 47.9 Å². The Morgan fingerprint density at radius 3 is 2.35 bits per heavy atom. The van der Waals surface area contributed by atoms with Gasteiger partial charge in [0.05, 0.1) is 23.0 Å². The van der Waals surface area contributed by atoms with Gasteiger partial charge in [-0.3, -0.25) is 19.3 Å². The molecule has 2 heterocycles. The molecule has 0 bridgehead atoms. The molecule has 0 fully saturated rings. The Labute approximate surface area is 222 Å². The summed E-state index contributed by atoms with van der Waals surface area (Å²) >= 11 is 0. The van der Waals surface area contributed by atoms with Gasteiger partial charge in [0, 0.05) is 24.0 Å². The second-order valence-corrected chi connectivity index (χ2v) is 8.73. The van der Waals surface area contributed by atoms with Gasteiger partial charge in [0.1, 0.15) is 24.0 Å². The van der Waals surface area contributed by atoms with Gasteiger partial charge in [0.15, 0.2) is 5.69 Å². The van der Waals surface area contributed by atoms with Gasteiger partial charge >= 0.3 is 6.18 Å². The summed E-state index contributed by atoms with van der Waals surface area (Å²) in [6.07, 6.45) is -2.83. The molecule has 0 spiro atoms. The fraction of sp³-hybridized carbons (Fsp3) is 0.154. The van der Waals surface area contributed by atoms with Crippen LogP contribution in [0.15, 0.2) is 60.9 Å². The van der Waals surface area contributed by atoms with E-state index in [0.29, 0.717) is 16.3 Å². The zero-order valence-electron chi connectivity index (χ0n) is 20.3. The number of halogens is 6. The predicted octanol–water partition coefficient (Wildman–Crippen LogP) is 4.16. The number of nitrogen functional groups attached to an aromatic ring is 1. The number of primary amides is 1. The van der Waals surface area contributed by atoms with Crippen LogP contribution in [0.3, 0.4) is 0 Å². The summed E-state index contributed by atoms with van der Waals surface area (Å²) in [5.74, 6) is -4.47. The average molecular weight is 562 g/mol. The van der Waals surface area contributed by atoms with Crippen LogP contribution in [0.1, 0.15) is 33.4 Å². The summed E-state index contributed by atoms with van der Waals surface area (Å²) in [6.45, 7) is -0.682. The monoisotopic (exact) mass is 562 g/mol. The number of hydrogen-bond donors (Lipinski definition) is 3. The minimum absolute atomic E-state index is 0.124. The maximum Gasteiger partial charge on any atom is 0.437 e. The fourth-order valence-electron chi connectivity index (χ4n) is 4.13. The fourth-order valence-corrected chi connectivity index (χ4v) is 4.13. The molecule has 0 aliphatic carbocycles. The molecule has 1 atom stereocenters. The number of nitrogens with zero attached hydrogens (tertiary/aromatic N) is 3. The molecule has 0 aliphatic heterocycles. The van der Waals surface area contributed by atoms with E-state index in [1.54, 1.807) is 6.07 Å². The highest BCUT2D eigenvalue weighted by molar-refractivity contribution is 5.94. The van der Waals surface area contributed by atoms with Crippen molar-refractivity contribution in [3.8, 4) is 11.1 Å². The standard InChI is InChI=1S/C26H20F6N6O2/c27-15-6-13(7-16(28)10-15)8-21(36-22(39)12-38-11-20(33)24(37-38)26(30,31)32)23-17(2-1-5-35-23)14-3-4-19(29)18(9-14)25(34)40/h1-7,9-11,21H,8,12,33H2,(H2,34,40)(H,36,39)/t21-/m0/s1. The van der Waals surface area contributed by atoms with Crippen LogP contribution in [0.25, 0.3) is 11.1 Å². The number of aromatic nitrogens is 3. The predicted molar refractivity (Wildman–Crippen MR) is 131 cm³/mol. The third kappa shape index (κ3) is 6.39. The molecule has 40 heavy (non-hydrogen) atoms. The molecule has 0 saturated carbocycles. The molecule has 0 aliphatic rings. The third-order valence-corrected chi connectivity index (χ3v) is 5.77. The van der Waals surface area contributed by atoms with Crippen LogP contribution in [-0.4, -0.2) is 26.6 Å². The van der Waals surface area contributed by atoms with Crippen LogP contribution in [-0.2, 0) is 23.9 Å². The maximum absolute atomic E-state index is 14.1. The van der Waals surface area contributed by atoms with Crippen LogP contribution in [0.4, 0.5) is 32.0 Å². The van der Waals surface area contributed by atoms with Crippen LogP contribution >= 0.6 is 0 Å². The number of anilines is 1. The highest BCUT2D eigenvalue weighted by atomic mass is 19.4. The van der Waals surface area contributed by atoms with Crippen LogP contribution in [0, 0.1) is 17.5 Å². The summed E-state index contributed by atoms with van der Waals surface area (Å²) in [6, 6.07) is 8.26. The van der Waals surface area contributed by atoms with Crippen molar-refractivity contribution in [1.82, 2.24) is 20.1 Å². The molecule has 0 radical (unpaired) electrons. The Balaban J connectivity index is 1.72. The SMILES string of the molecule is NC(=O)c1cc(-c2cccnc2[C@H](Cc2cc(F)cc(F)c2)NC(=O)Cn2cc(N)c(C(F)(F)F)n2)ccc1F. The number of rotatable bonds is 8. The van der Waals surface area contributed by atoms with Gasteiger partial charge in [-0.2, -0.15) is 18.3 Å². The second kappa shape index (κ2) is 11.1. The molecular formula is C26H20F6N6O2. The van der Waals surface area contributed by atoms with Gasteiger partial charge in [-0.25, -0.2) is 13.2 Å². The first-order valence-corrected chi connectivity index (χ1v) is 11.5.